The summed E-state index contributed by atoms with van der Waals surface area (Å²) in [5.74, 6) is -0.687. The van der Waals surface area contributed by atoms with E-state index in [2.05, 4.69) is 4.98 Å². The summed E-state index contributed by atoms with van der Waals surface area (Å²) in [6.07, 6.45) is 1.76. The lowest BCUT2D eigenvalue weighted by Gasteiger charge is -2.19. The third-order valence-electron chi connectivity index (χ3n) is 5.06. The summed E-state index contributed by atoms with van der Waals surface area (Å²) in [4.78, 5) is 43.2. The molecule has 1 fully saturated rings. The lowest BCUT2D eigenvalue weighted by atomic mass is 10.1. The van der Waals surface area contributed by atoms with Crippen molar-refractivity contribution in [1.82, 2.24) is 9.38 Å². The van der Waals surface area contributed by atoms with Gasteiger partial charge in [0.05, 0.1) is 24.4 Å². The highest BCUT2D eigenvalue weighted by Crippen LogP contribution is 2.33. The molecule has 8 nitrogen and oxygen atoms in total. The Hall–Kier alpha value is -3.68. The number of anilines is 1. The van der Waals surface area contributed by atoms with E-state index in [-0.39, 0.29) is 31.0 Å². The van der Waals surface area contributed by atoms with Crippen LogP contribution in [-0.4, -0.2) is 34.9 Å². The summed E-state index contributed by atoms with van der Waals surface area (Å²) in [5, 5.41) is 0. The van der Waals surface area contributed by atoms with Crippen LogP contribution in [0.25, 0.3) is 5.65 Å². The quantitative estimate of drug-likeness (QED) is 0.602. The minimum Gasteiger partial charge on any atom is -0.495 e. The number of aromatic nitrogens is 2. The summed E-state index contributed by atoms with van der Waals surface area (Å²) in [7, 11) is 1.53. The molecular formula is C22H21N3O5. The molecule has 0 bridgehead atoms. The van der Waals surface area contributed by atoms with Gasteiger partial charge in [0.25, 0.3) is 5.56 Å². The molecule has 30 heavy (non-hydrogen) atoms. The third kappa shape index (κ3) is 3.76. The second-order valence-corrected chi connectivity index (χ2v) is 7.21. The molecule has 1 aliphatic heterocycles. The third-order valence-corrected chi connectivity index (χ3v) is 5.06. The Bertz CT molecular complexity index is 1190. The number of pyridine rings is 1. The smallest absolute Gasteiger partial charge is 0.311 e. The van der Waals surface area contributed by atoms with Crippen LogP contribution in [0.5, 0.6) is 5.75 Å². The molecule has 8 heteroatoms. The lowest BCUT2D eigenvalue weighted by molar-refractivity contribution is -0.149. The van der Waals surface area contributed by atoms with Crippen molar-refractivity contribution in [1.29, 1.82) is 0 Å². The molecule has 0 unspecified atom stereocenters. The molecule has 2 aromatic heterocycles. The average Bonchev–Trinajstić information content (AvgIpc) is 3.14. The van der Waals surface area contributed by atoms with Crippen molar-refractivity contribution in [2.75, 3.05) is 18.6 Å². The van der Waals surface area contributed by atoms with E-state index in [1.807, 2.05) is 25.1 Å². The van der Waals surface area contributed by atoms with Gasteiger partial charge in [-0.25, -0.2) is 4.98 Å². The molecule has 1 amide bonds. The Morgan fingerprint density at radius 3 is 2.80 bits per heavy atom. The number of hydrogen-bond donors (Lipinski definition) is 0. The summed E-state index contributed by atoms with van der Waals surface area (Å²) >= 11 is 0. The summed E-state index contributed by atoms with van der Waals surface area (Å²) in [5.41, 5.74) is 2.17. The Labute approximate surface area is 172 Å². The zero-order valence-electron chi connectivity index (χ0n) is 16.7. The van der Waals surface area contributed by atoms with Gasteiger partial charge in [0.2, 0.25) is 5.91 Å². The Morgan fingerprint density at radius 2 is 2.00 bits per heavy atom. The fraction of sp³-hybridized carbons (Fsp3) is 0.273. The number of amides is 1. The maximum atomic E-state index is 12.5. The number of hydrogen-bond acceptors (Lipinski definition) is 6. The Kier molecular flexibility index (Phi) is 5.22. The molecule has 1 aromatic carbocycles. The van der Waals surface area contributed by atoms with Gasteiger partial charge in [-0.05, 0) is 30.7 Å². The number of ether oxygens (including phenoxy) is 2. The van der Waals surface area contributed by atoms with Crippen molar-refractivity contribution >= 4 is 23.2 Å². The largest absolute Gasteiger partial charge is 0.495 e. The van der Waals surface area contributed by atoms with Gasteiger partial charge in [-0.15, -0.1) is 0 Å². The fourth-order valence-electron chi connectivity index (χ4n) is 3.55. The summed E-state index contributed by atoms with van der Waals surface area (Å²) in [6.45, 7) is 1.97. The number of aryl methyl sites for hydroxylation is 1. The first-order valence-electron chi connectivity index (χ1n) is 9.55. The van der Waals surface area contributed by atoms with Crippen molar-refractivity contribution in [2.24, 2.45) is 5.92 Å². The highest BCUT2D eigenvalue weighted by molar-refractivity contribution is 6.00. The molecule has 4 rings (SSSR count). The summed E-state index contributed by atoms with van der Waals surface area (Å²) in [6, 6.07) is 12.1. The van der Waals surface area contributed by atoms with Crippen LogP contribution in [0.15, 0.2) is 53.5 Å². The molecule has 0 spiro atoms. The van der Waals surface area contributed by atoms with Gasteiger partial charge in [0.15, 0.2) is 0 Å². The number of nitrogens with zero attached hydrogens (tertiary/aromatic N) is 3. The van der Waals surface area contributed by atoms with E-state index in [0.29, 0.717) is 22.8 Å². The van der Waals surface area contributed by atoms with E-state index in [9.17, 15) is 14.4 Å². The minimum absolute atomic E-state index is 0.0595. The number of carbonyl (C=O) groups excluding carboxylic acids is 2. The van der Waals surface area contributed by atoms with Crippen LogP contribution < -0.4 is 15.2 Å². The van der Waals surface area contributed by atoms with Gasteiger partial charge in [-0.1, -0.05) is 18.2 Å². The minimum atomic E-state index is -0.591. The van der Waals surface area contributed by atoms with Gasteiger partial charge in [0, 0.05) is 25.2 Å². The number of benzene rings is 1. The number of methoxy groups -OCH3 is 1. The average molecular weight is 407 g/mol. The maximum Gasteiger partial charge on any atom is 0.311 e. The zero-order valence-corrected chi connectivity index (χ0v) is 16.7. The van der Waals surface area contributed by atoms with E-state index in [0.717, 1.165) is 5.56 Å². The van der Waals surface area contributed by atoms with Gasteiger partial charge in [0.1, 0.15) is 18.0 Å². The van der Waals surface area contributed by atoms with E-state index < -0.39 is 11.9 Å². The molecule has 154 valence electrons. The van der Waals surface area contributed by atoms with Gasteiger partial charge in [-0.2, -0.15) is 0 Å². The predicted octanol–water partition coefficient (Wildman–Crippen LogP) is 2.11. The lowest BCUT2D eigenvalue weighted by Crippen LogP contribution is -2.27. The van der Waals surface area contributed by atoms with E-state index in [1.54, 1.807) is 24.4 Å². The number of rotatable bonds is 5. The van der Waals surface area contributed by atoms with E-state index in [1.165, 1.54) is 22.5 Å². The molecule has 1 aliphatic rings. The van der Waals surface area contributed by atoms with Gasteiger partial charge < -0.3 is 14.4 Å². The second-order valence-electron chi connectivity index (χ2n) is 7.21. The Morgan fingerprint density at radius 1 is 1.20 bits per heavy atom. The van der Waals surface area contributed by atoms with E-state index >= 15 is 0 Å². The fourth-order valence-corrected chi connectivity index (χ4v) is 3.55. The van der Waals surface area contributed by atoms with E-state index in [4.69, 9.17) is 9.47 Å². The first-order valence-corrected chi connectivity index (χ1v) is 9.55. The summed E-state index contributed by atoms with van der Waals surface area (Å²) < 4.78 is 12.1. The Balaban J connectivity index is 1.45. The first-order chi connectivity index (χ1) is 14.5. The van der Waals surface area contributed by atoms with Crippen molar-refractivity contribution in [3.05, 3.63) is 70.3 Å². The number of carbonyl (C=O) groups is 2. The van der Waals surface area contributed by atoms with Gasteiger partial charge in [-0.3, -0.25) is 18.8 Å². The van der Waals surface area contributed by atoms with Crippen LogP contribution in [0.4, 0.5) is 5.69 Å². The van der Waals surface area contributed by atoms with Crippen molar-refractivity contribution in [2.45, 2.75) is 20.0 Å². The van der Waals surface area contributed by atoms with Crippen molar-refractivity contribution in [3.8, 4) is 5.75 Å². The predicted molar refractivity (Wildman–Crippen MR) is 109 cm³/mol. The molecule has 0 N–H and O–H groups in total. The normalized spacial score (nSPS) is 16.1. The van der Waals surface area contributed by atoms with Crippen LogP contribution in [-0.2, 0) is 20.9 Å². The van der Waals surface area contributed by atoms with Crippen molar-refractivity contribution < 1.29 is 19.1 Å². The zero-order chi connectivity index (χ0) is 21.3. The molecule has 3 heterocycles. The molecule has 0 radical (unpaired) electrons. The van der Waals surface area contributed by atoms with Crippen LogP contribution in [0.2, 0.25) is 0 Å². The van der Waals surface area contributed by atoms with Crippen LogP contribution in [0.1, 0.15) is 17.7 Å². The van der Waals surface area contributed by atoms with Gasteiger partial charge >= 0.3 is 5.97 Å². The standard InChI is InChI=1S/C22H21N3O5/c1-14-7-8-19-23-16(10-21(27)25(19)11-14)13-30-22(28)15-9-20(26)24(12-15)17-5-3-4-6-18(17)29-2/h3-8,10-11,15H,9,12-13H2,1-2H3/t15-/m1/s1. The molecule has 0 saturated carbocycles. The number of fused-ring (bicyclic) bond motifs is 1. The first kappa shape index (κ1) is 19.6. The second kappa shape index (κ2) is 7.98. The highest BCUT2D eigenvalue weighted by atomic mass is 16.5. The number of para-hydroxylation sites is 2. The highest BCUT2D eigenvalue weighted by Gasteiger charge is 2.37. The molecule has 1 saturated heterocycles. The van der Waals surface area contributed by atoms with Crippen LogP contribution in [0.3, 0.4) is 0 Å². The van der Waals surface area contributed by atoms with Crippen molar-refractivity contribution in [3.63, 3.8) is 0 Å². The molecular weight excluding hydrogens is 386 g/mol. The maximum absolute atomic E-state index is 12.5. The monoisotopic (exact) mass is 407 g/mol. The topological polar surface area (TPSA) is 90.2 Å². The molecule has 1 atom stereocenters. The van der Waals surface area contributed by atoms with Crippen LogP contribution in [0, 0.1) is 12.8 Å². The van der Waals surface area contributed by atoms with Crippen LogP contribution >= 0.6 is 0 Å². The molecule has 3 aromatic rings. The number of esters is 1. The SMILES string of the molecule is COc1ccccc1N1C[C@H](C(=O)OCc2cc(=O)n3cc(C)ccc3n2)CC1=O. The molecule has 0 aliphatic carbocycles.